The molecule has 2 aromatic heterocycles. The average Bonchev–Trinajstić information content (AvgIpc) is 3.26. The number of nitrogens with one attached hydrogen (secondary N) is 2. The summed E-state index contributed by atoms with van der Waals surface area (Å²) in [5, 5.41) is 11.8. The number of allylic oxidation sites excluding steroid dienone is 2. The third-order valence-electron chi connectivity index (χ3n) is 6.09. The van der Waals surface area contributed by atoms with Crippen LogP contribution in [0.25, 0.3) is 5.57 Å². The van der Waals surface area contributed by atoms with E-state index in [9.17, 15) is 4.79 Å². The van der Waals surface area contributed by atoms with E-state index in [-0.39, 0.29) is 46.9 Å². The average molecular weight is 466 g/mol. The molecule has 0 aromatic carbocycles. The van der Waals surface area contributed by atoms with E-state index in [1.165, 1.54) is 6.20 Å². The summed E-state index contributed by atoms with van der Waals surface area (Å²) in [6.07, 6.45) is -0.467. The minimum absolute atomic E-state index is 0.00740. The van der Waals surface area contributed by atoms with Crippen molar-refractivity contribution in [1.82, 2.24) is 15.0 Å². The van der Waals surface area contributed by atoms with Crippen LogP contribution in [-0.4, -0.2) is 32.1 Å². The Morgan fingerprint density at radius 2 is 1.97 bits per heavy atom. The molecular weight excluding hydrogens is 426 g/mol. The molecule has 7 nitrogen and oxygen atoms in total. The maximum absolute atomic E-state index is 13.0. The van der Waals surface area contributed by atoms with E-state index in [2.05, 4.69) is 15.3 Å². The molecule has 1 aliphatic heterocycles. The number of nitrogens with zero attached hydrogens (tertiary/aromatic N) is 3. The second kappa shape index (κ2) is 8.66. The molecule has 2 N–H and O–H groups in total. The van der Waals surface area contributed by atoms with Gasteiger partial charge >= 0.3 is 0 Å². The van der Waals surface area contributed by atoms with Crippen LogP contribution in [-0.2, 0) is 4.74 Å². The maximum atomic E-state index is 13.0. The number of amides is 1. The van der Waals surface area contributed by atoms with E-state index in [4.69, 9.17) is 20.5 Å². The summed E-state index contributed by atoms with van der Waals surface area (Å²) in [4.78, 5) is 24.5. The third kappa shape index (κ3) is 5.39. The SMILES string of the molecule is [2H]C1=C(c2nc(C3CC(C)(C)OC(C)(C)C3)ccc2NC(=O)c2ncc(C#N)[nH]2)C([2H])([2H])C([2H])C(C)(C)C1. The molecule has 0 spiro atoms. The summed E-state index contributed by atoms with van der Waals surface area (Å²) in [7, 11) is 0. The smallest absolute Gasteiger partial charge is 0.291 e. The first-order chi connectivity index (χ1) is 17.5. The third-order valence-corrected chi connectivity index (χ3v) is 6.09. The highest BCUT2D eigenvalue weighted by atomic mass is 16.5. The second-order valence-electron chi connectivity index (χ2n) is 11.1. The van der Waals surface area contributed by atoms with Gasteiger partial charge in [0, 0.05) is 15.7 Å². The van der Waals surface area contributed by atoms with Gasteiger partial charge in [-0.3, -0.25) is 9.78 Å². The Bertz CT molecular complexity index is 1320. The van der Waals surface area contributed by atoms with E-state index >= 15 is 0 Å². The fourth-order valence-corrected chi connectivity index (χ4v) is 4.81. The highest BCUT2D eigenvalue weighted by molar-refractivity contribution is 6.03. The van der Waals surface area contributed by atoms with Crippen LogP contribution < -0.4 is 5.32 Å². The number of carbonyl (C=O) groups excluding carboxylic acids is 1. The van der Waals surface area contributed by atoms with Crippen molar-refractivity contribution >= 4 is 17.2 Å². The monoisotopic (exact) mass is 465 g/mol. The number of hydrogen-bond donors (Lipinski definition) is 2. The molecule has 180 valence electrons. The first kappa shape index (κ1) is 19.3. The molecule has 0 bridgehead atoms. The number of carbonyl (C=O) groups is 1. The number of anilines is 1. The quantitative estimate of drug-likeness (QED) is 0.578. The zero-order valence-corrected chi connectivity index (χ0v) is 20.7. The van der Waals surface area contributed by atoms with E-state index in [1.807, 2.05) is 39.8 Å². The van der Waals surface area contributed by atoms with Crippen LogP contribution in [0.1, 0.15) is 113 Å². The molecule has 1 unspecified atom stereocenters. The van der Waals surface area contributed by atoms with Crippen LogP contribution in [0.4, 0.5) is 5.69 Å². The molecule has 0 radical (unpaired) electrons. The van der Waals surface area contributed by atoms with E-state index < -0.39 is 35.3 Å². The second-order valence-corrected chi connectivity index (χ2v) is 11.1. The molecule has 3 heterocycles. The van der Waals surface area contributed by atoms with Crippen molar-refractivity contribution in [3.8, 4) is 6.07 Å². The van der Waals surface area contributed by atoms with Crippen LogP contribution >= 0.6 is 0 Å². The van der Waals surface area contributed by atoms with Crippen LogP contribution in [0, 0.1) is 16.7 Å². The number of imidazole rings is 1. The minimum atomic E-state index is -2.18. The van der Waals surface area contributed by atoms with Crippen LogP contribution in [0.3, 0.4) is 0 Å². The lowest BCUT2D eigenvalue weighted by molar-refractivity contribution is -0.162. The molecule has 0 saturated carbocycles. The topological polar surface area (TPSA) is 104 Å². The molecular formula is C27H35N5O2. The Morgan fingerprint density at radius 3 is 2.62 bits per heavy atom. The summed E-state index contributed by atoms with van der Waals surface area (Å²) in [5.74, 6) is -0.689. The van der Waals surface area contributed by atoms with Gasteiger partial charge in [-0.2, -0.15) is 5.26 Å². The van der Waals surface area contributed by atoms with Crippen LogP contribution in [0.5, 0.6) is 0 Å². The highest BCUT2D eigenvalue weighted by Crippen LogP contribution is 2.44. The van der Waals surface area contributed by atoms with E-state index in [0.29, 0.717) is 12.8 Å². The predicted molar refractivity (Wildman–Crippen MR) is 132 cm³/mol. The maximum Gasteiger partial charge on any atom is 0.291 e. The molecule has 1 aliphatic carbocycles. The molecule has 34 heavy (non-hydrogen) atoms. The number of nitriles is 1. The number of rotatable bonds is 4. The number of aromatic nitrogens is 3. The van der Waals surface area contributed by atoms with Gasteiger partial charge in [0.05, 0.1) is 30.2 Å². The number of aromatic amines is 1. The normalized spacial score (nSPS) is 27.0. The number of H-pyrrole nitrogens is 1. The van der Waals surface area contributed by atoms with Crippen LogP contribution in [0.15, 0.2) is 24.4 Å². The Balaban J connectivity index is 1.84. The summed E-state index contributed by atoms with van der Waals surface area (Å²) in [6.45, 7) is 11.7. The number of hydrogen-bond acceptors (Lipinski definition) is 5. The Morgan fingerprint density at radius 1 is 1.26 bits per heavy atom. The van der Waals surface area contributed by atoms with Gasteiger partial charge in [-0.15, -0.1) is 0 Å². The van der Waals surface area contributed by atoms with Crippen molar-refractivity contribution in [2.45, 2.75) is 90.7 Å². The standard InChI is InChI=1S/C27H35N5O2/c1-25(2)11-9-17(10-12-25)22-21(32-24(33)23-29-16-19(15-28)30-23)8-7-20(31-22)18-13-26(3,4)34-27(5,6)14-18/h7-9,16,18H,10-14H2,1-6H3,(H,29,30)(H,32,33)/i9D,10D2,12D. The number of pyridine rings is 1. The molecule has 2 aliphatic rings. The zero-order chi connectivity index (χ0) is 28.3. The number of ether oxygens (including phenoxy) is 1. The van der Waals surface area contributed by atoms with Gasteiger partial charge in [0.1, 0.15) is 11.8 Å². The minimum Gasteiger partial charge on any atom is -0.370 e. The van der Waals surface area contributed by atoms with Gasteiger partial charge in [0.25, 0.3) is 5.91 Å². The van der Waals surface area contributed by atoms with Crippen molar-refractivity contribution in [3.05, 3.63) is 47.3 Å². The molecule has 1 amide bonds. The summed E-state index contributed by atoms with van der Waals surface area (Å²) in [5.41, 5.74) is -0.313. The summed E-state index contributed by atoms with van der Waals surface area (Å²) >= 11 is 0. The lowest BCUT2D eigenvalue weighted by atomic mass is 9.77. The van der Waals surface area contributed by atoms with Gasteiger partial charge in [-0.05, 0) is 82.8 Å². The van der Waals surface area contributed by atoms with Gasteiger partial charge in [-0.25, -0.2) is 4.98 Å². The lowest BCUT2D eigenvalue weighted by Crippen LogP contribution is -2.44. The molecule has 1 fully saturated rings. The zero-order valence-electron chi connectivity index (χ0n) is 24.7. The summed E-state index contributed by atoms with van der Waals surface area (Å²) in [6, 6.07) is 5.44. The van der Waals surface area contributed by atoms with Crippen molar-refractivity contribution in [1.29, 1.82) is 5.26 Å². The molecule has 7 heteroatoms. The van der Waals surface area contributed by atoms with Gasteiger partial charge in [0.15, 0.2) is 5.82 Å². The fourth-order valence-electron chi connectivity index (χ4n) is 4.81. The Labute approximate surface area is 207 Å². The van der Waals surface area contributed by atoms with Gasteiger partial charge < -0.3 is 15.0 Å². The first-order valence-electron chi connectivity index (χ1n) is 13.6. The Hall–Kier alpha value is -2.98. The van der Waals surface area contributed by atoms with E-state index in [1.54, 1.807) is 19.9 Å². The lowest BCUT2D eigenvalue weighted by Gasteiger charge is -2.45. The largest absolute Gasteiger partial charge is 0.370 e. The summed E-state index contributed by atoms with van der Waals surface area (Å²) < 4.78 is 41.6. The Kier molecular flexibility index (Phi) is 4.93. The molecule has 1 saturated heterocycles. The van der Waals surface area contributed by atoms with Gasteiger partial charge in [-0.1, -0.05) is 19.9 Å². The van der Waals surface area contributed by atoms with Crippen LogP contribution in [0.2, 0.25) is 0 Å². The molecule has 2 aromatic rings. The van der Waals surface area contributed by atoms with E-state index in [0.717, 1.165) is 5.69 Å². The fraction of sp³-hybridized carbons (Fsp3) is 0.556. The van der Waals surface area contributed by atoms with Crippen molar-refractivity contribution in [2.75, 3.05) is 5.32 Å². The molecule has 1 atom stereocenters. The molecule has 4 rings (SSSR count). The van der Waals surface area contributed by atoms with Gasteiger partial charge in [0.2, 0.25) is 0 Å². The van der Waals surface area contributed by atoms with Crippen molar-refractivity contribution < 1.29 is 15.0 Å². The first-order valence-corrected chi connectivity index (χ1v) is 11.6. The van der Waals surface area contributed by atoms with Crippen molar-refractivity contribution in [3.63, 3.8) is 0 Å². The van der Waals surface area contributed by atoms with Crippen molar-refractivity contribution in [2.24, 2.45) is 5.41 Å². The highest BCUT2D eigenvalue weighted by Gasteiger charge is 2.40. The predicted octanol–water partition coefficient (Wildman–Crippen LogP) is 5.97.